The molecule has 0 bridgehead atoms. The zero-order chi connectivity index (χ0) is 14.2. The largest absolute Gasteiger partial charge is 0.348 e. The molecule has 2 aliphatic rings. The van der Waals surface area contributed by atoms with E-state index in [4.69, 9.17) is 9.47 Å². The predicted octanol–water partition coefficient (Wildman–Crippen LogP) is 2.21. The fourth-order valence-electron chi connectivity index (χ4n) is 3.05. The molecule has 6 heteroatoms. The van der Waals surface area contributed by atoms with E-state index in [2.05, 4.69) is 4.98 Å². The zero-order valence-corrected chi connectivity index (χ0v) is 12.7. The standard InChI is InChI=1S/C14H20N2O3S/c1-10-12(20-9-15-10)13(17)16(2)11-3-5-14(6-4-11)18-7-8-19-14/h9,11H,3-8H2,1-2H3. The fourth-order valence-corrected chi connectivity index (χ4v) is 3.83. The van der Waals surface area contributed by atoms with Crippen LogP contribution >= 0.6 is 11.3 Å². The number of thiazole rings is 1. The molecule has 0 N–H and O–H groups in total. The smallest absolute Gasteiger partial charge is 0.265 e. The molecule has 1 saturated carbocycles. The molecule has 1 spiro atoms. The van der Waals surface area contributed by atoms with Gasteiger partial charge in [0.25, 0.3) is 5.91 Å². The molecule has 110 valence electrons. The molecule has 20 heavy (non-hydrogen) atoms. The number of ether oxygens (including phenoxy) is 2. The SMILES string of the molecule is Cc1ncsc1C(=O)N(C)C1CCC2(CC1)OCCO2. The first kappa shape index (κ1) is 14.0. The second-order valence-electron chi connectivity index (χ2n) is 5.52. The summed E-state index contributed by atoms with van der Waals surface area (Å²) in [5.74, 6) is -0.278. The van der Waals surface area contributed by atoms with Crippen molar-refractivity contribution in [2.75, 3.05) is 20.3 Å². The van der Waals surface area contributed by atoms with Crippen molar-refractivity contribution in [1.82, 2.24) is 9.88 Å². The van der Waals surface area contributed by atoms with Crippen molar-refractivity contribution in [2.24, 2.45) is 0 Å². The Bertz CT molecular complexity index is 486. The first-order valence-corrected chi connectivity index (χ1v) is 7.94. The molecule has 1 aromatic heterocycles. The van der Waals surface area contributed by atoms with Crippen LogP contribution < -0.4 is 0 Å². The summed E-state index contributed by atoms with van der Waals surface area (Å²) in [4.78, 5) is 19.2. The second kappa shape index (κ2) is 5.42. The Morgan fingerprint density at radius 1 is 1.40 bits per heavy atom. The summed E-state index contributed by atoms with van der Waals surface area (Å²) in [5, 5.41) is 0. The molecule has 5 nitrogen and oxygen atoms in total. The molecule has 1 aromatic rings. The third kappa shape index (κ3) is 2.47. The van der Waals surface area contributed by atoms with Gasteiger partial charge in [0.05, 0.1) is 24.4 Å². The van der Waals surface area contributed by atoms with Gasteiger partial charge in [-0.05, 0) is 19.8 Å². The van der Waals surface area contributed by atoms with Crippen LogP contribution in [0.5, 0.6) is 0 Å². The van der Waals surface area contributed by atoms with Gasteiger partial charge in [-0.2, -0.15) is 0 Å². The van der Waals surface area contributed by atoms with E-state index in [1.165, 1.54) is 11.3 Å². The minimum absolute atomic E-state index is 0.0826. The van der Waals surface area contributed by atoms with E-state index in [0.717, 1.165) is 36.3 Å². The lowest BCUT2D eigenvalue weighted by Gasteiger charge is -2.38. The van der Waals surface area contributed by atoms with Crippen LogP contribution in [0.4, 0.5) is 0 Å². The minimum atomic E-state index is -0.360. The van der Waals surface area contributed by atoms with E-state index in [1.54, 1.807) is 5.51 Å². The van der Waals surface area contributed by atoms with Crippen LogP contribution in [-0.4, -0.2) is 47.9 Å². The highest BCUT2D eigenvalue weighted by molar-refractivity contribution is 7.11. The van der Waals surface area contributed by atoms with Gasteiger partial charge in [-0.15, -0.1) is 11.3 Å². The molecule has 1 aliphatic carbocycles. The molecule has 1 amide bonds. The van der Waals surface area contributed by atoms with Crippen molar-refractivity contribution in [1.29, 1.82) is 0 Å². The number of amides is 1. The second-order valence-corrected chi connectivity index (χ2v) is 6.38. The topological polar surface area (TPSA) is 51.7 Å². The molecule has 1 aliphatic heterocycles. The predicted molar refractivity (Wildman–Crippen MR) is 75.8 cm³/mol. The Labute approximate surface area is 122 Å². The number of nitrogens with zero attached hydrogens (tertiary/aromatic N) is 2. The Hall–Kier alpha value is -0.980. The van der Waals surface area contributed by atoms with Crippen molar-refractivity contribution in [3.63, 3.8) is 0 Å². The number of rotatable bonds is 2. The average molecular weight is 296 g/mol. The van der Waals surface area contributed by atoms with Crippen molar-refractivity contribution in [2.45, 2.75) is 44.4 Å². The molecule has 0 radical (unpaired) electrons. The van der Waals surface area contributed by atoms with Crippen LogP contribution in [0.15, 0.2) is 5.51 Å². The molecule has 3 rings (SSSR count). The Morgan fingerprint density at radius 3 is 2.60 bits per heavy atom. The summed E-state index contributed by atoms with van der Waals surface area (Å²) in [6, 6.07) is 0.266. The van der Waals surface area contributed by atoms with E-state index >= 15 is 0 Å². The Morgan fingerprint density at radius 2 is 2.05 bits per heavy atom. The molecule has 0 unspecified atom stereocenters. The summed E-state index contributed by atoms with van der Waals surface area (Å²) in [5.41, 5.74) is 2.55. The first-order chi connectivity index (χ1) is 9.61. The van der Waals surface area contributed by atoms with Gasteiger partial charge in [0, 0.05) is 25.9 Å². The fraction of sp³-hybridized carbons (Fsp3) is 0.714. The summed E-state index contributed by atoms with van der Waals surface area (Å²) >= 11 is 1.42. The first-order valence-electron chi connectivity index (χ1n) is 7.06. The molecule has 2 heterocycles. The number of carbonyl (C=O) groups excluding carboxylic acids is 1. The molecule has 2 fully saturated rings. The normalized spacial score (nSPS) is 22.3. The highest BCUT2D eigenvalue weighted by Gasteiger charge is 2.41. The molecule has 0 atom stereocenters. The monoisotopic (exact) mass is 296 g/mol. The van der Waals surface area contributed by atoms with Crippen LogP contribution in [-0.2, 0) is 9.47 Å². The van der Waals surface area contributed by atoms with Crippen molar-refractivity contribution >= 4 is 17.2 Å². The lowest BCUT2D eigenvalue weighted by Crippen LogP contribution is -2.44. The summed E-state index contributed by atoms with van der Waals surface area (Å²) < 4.78 is 11.5. The lowest BCUT2D eigenvalue weighted by molar-refractivity contribution is -0.182. The van der Waals surface area contributed by atoms with E-state index in [1.807, 2.05) is 18.9 Å². The van der Waals surface area contributed by atoms with E-state index < -0.39 is 0 Å². The van der Waals surface area contributed by atoms with E-state index in [0.29, 0.717) is 13.2 Å². The average Bonchev–Trinajstić information content (AvgIpc) is 3.08. The van der Waals surface area contributed by atoms with Gasteiger partial charge in [-0.1, -0.05) is 0 Å². The quantitative estimate of drug-likeness (QED) is 0.839. The van der Waals surface area contributed by atoms with Gasteiger partial charge in [0.15, 0.2) is 5.79 Å². The number of aryl methyl sites for hydroxylation is 1. The third-order valence-electron chi connectivity index (χ3n) is 4.34. The van der Waals surface area contributed by atoms with Crippen LogP contribution in [0.25, 0.3) is 0 Å². The number of aromatic nitrogens is 1. The van der Waals surface area contributed by atoms with E-state index in [9.17, 15) is 4.79 Å². The van der Waals surface area contributed by atoms with Gasteiger partial charge in [-0.25, -0.2) is 4.98 Å². The highest BCUT2D eigenvalue weighted by Crippen LogP contribution is 2.37. The van der Waals surface area contributed by atoms with Gasteiger partial charge in [0.2, 0.25) is 0 Å². The molecule has 0 aromatic carbocycles. The number of hydrogen-bond acceptors (Lipinski definition) is 5. The molecule has 1 saturated heterocycles. The zero-order valence-electron chi connectivity index (χ0n) is 11.9. The summed E-state index contributed by atoms with van der Waals surface area (Å²) in [6.45, 7) is 3.27. The van der Waals surface area contributed by atoms with E-state index in [-0.39, 0.29) is 17.7 Å². The van der Waals surface area contributed by atoms with Crippen LogP contribution in [0.1, 0.15) is 41.0 Å². The van der Waals surface area contributed by atoms with Crippen LogP contribution in [0.3, 0.4) is 0 Å². The van der Waals surface area contributed by atoms with Gasteiger partial charge >= 0.3 is 0 Å². The van der Waals surface area contributed by atoms with Crippen molar-refractivity contribution in [3.05, 3.63) is 16.1 Å². The maximum atomic E-state index is 12.5. The highest BCUT2D eigenvalue weighted by atomic mass is 32.1. The van der Waals surface area contributed by atoms with Gasteiger partial charge < -0.3 is 14.4 Å². The Kier molecular flexibility index (Phi) is 3.79. The summed E-state index contributed by atoms with van der Waals surface area (Å²) in [6.07, 6.45) is 3.61. The van der Waals surface area contributed by atoms with Crippen molar-refractivity contribution < 1.29 is 14.3 Å². The van der Waals surface area contributed by atoms with Crippen LogP contribution in [0.2, 0.25) is 0 Å². The maximum Gasteiger partial charge on any atom is 0.265 e. The van der Waals surface area contributed by atoms with Gasteiger partial charge in [-0.3, -0.25) is 4.79 Å². The maximum absolute atomic E-state index is 12.5. The number of hydrogen-bond donors (Lipinski definition) is 0. The number of carbonyl (C=O) groups is 1. The lowest BCUT2D eigenvalue weighted by atomic mass is 9.89. The summed E-state index contributed by atoms with van der Waals surface area (Å²) in [7, 11) is 1.89. The third-order valence-corrected chi connectivity index (χ3v) is 5.25. The van der Waals surface area contributed by atoms with Gasteiger partial charge in [0.1, 0.15) is 4.88 Å². The van der Waals surface area contributed by atoms with Crippen molar-refractivity contribution in [3.8, 4) is 0 Å². The molecular weight excluding hydrogens is 276 g/mol. The molecular formula is C14H20N2O3S. The minimum Gasteiger partial charge on any atom is -0.348 e. The Balaban J connectivity index is 1.63. The van der Waals surface area contributed by atoms with Crippen LogP contribution in [0, 0.1) is 6.92 Å².